The number of hydrogen-bond donors (Lipinski definition) is 2. The molecule has 94 valence electrons. The zero-order valence-corrected chi connectivity index (χ0v) is 9.25. The molecular formula is C11H13F3N2O. The van der Waals surface area contributed by atoms with E-state index in [2.05, 4.69) is 5.32 Å². The fraction of sp³-hybridized carbons (Fsp3) is 0.455. The van der Waals surface area contributed by atoms with E-state index < -0.39 is 11.7 Å². The van der Waals surface area contributed by atoms with Gasteiger partial charge in [0.2, 0.25) is 0 Å². The van der Waals surface area contributed by atoms with Crippen molar-refractivity contribution in [2.24, 2.45) is 0 Å². The zero-order chi connectivity index (χ0) is 12.6. The molecule has 0 unspecified atom stereocenters. The molecule has 1 aromatic carbocycles. The monoisotopic (exact) mass is 246 g/mol. The van der Waals surface area contributed by atoms with Gasteiger partial charge in [-0.25, -0.2) is 0 Å². The van der Waals surface area contributed by atoms with Crippen molar-refractivity contribution in [2.75, 3.05) is 23.5 Å². The predicted molar refractivity (Wildman–Crippen MR) is 59.0 cm³/mol. The molecule has 1 atom stereocenters. The van der Waals surface area contributed by atoms with E-state index in [0.29, 0.717) is 18.0 Å². The topological polar surface area (TPSA) is 35.5 Å². The summed E-state index contributed by atoms with van der Waals surface area (Å²) in [7, 11) is 0. The van der Waals surface area contributed by atoms with Gasteiger partial charge in [0, 0.05) is 0 Å². The van der Waals surface area contributed by atoms with Gasteiger partial charge in [-0.05, 0) is 25.1 Å². The van der Waals surface area contributed by atoms with Crippen molar-refractivity contribution in [2.45, 2.75) is 19.1 Å². The zero-order valence-electron chi connectivity index (χ0n) is 9.25. The van der Waals surface area contributed by atoms with Crippen LogP contribution in [0.4, 0.5) is 24.5 Å². The van der Waals surface area contributed by atoms with E-state index in [1.54, 1.807) is 0 Å². The van der Waals surface area contributed by atoms with E-state index >= 15 is 0 Å². The number of anilines is 2. The Morgan fingerprint density at radius 3 is 2.76 bits per heavy atom. The molecular weight excluding hydrogens is 233 g/mol. The molecule has 0 spiro atoms. The largest absolute Gasteiger partial charge is 0.416 e. The van der Waals surface area contributed by atoms with Gasteiger partial charge < -0.3 is 15.3 Å². The molecule has 1 heterocycles. The molecule has 3 nitrogen and oxygen atoms in total. The van der Waals surface area contributed by atoms with Crippen LogP contribution in [0.15, 0.2) is 18.2 Å². The Morgan fingerprint density at radius 2 is 2.18 bits per heavy atom. The molecule has 0 aliphatic carbocycles. The van der Waals surface area contributed by atoms with Crippen molar-refractivity contribution in [3.63, 3.8) is 0 Å². The number of alkyl halides is 3. The number of rotatable bonds is 2. The molecule has 0 amide bonds. The molecule has 0 saturated carbocycles. The molecule has 0 aromatic heterocycles. The number of aliphatic hydroxyl groups is 1. The second-order valence-corrected chi connectivity index (χ2v) is 4.07. The molecule has 0 bridgehead atoms. The first-order valence-corrected chi connectivity index (χ1v) is 5.26. The third-order valence-electron chi connectivity index (χ3n) is 2.87. The number of nitrogens with one attached hydrogen (secondary N) is 1. The average molecular weight is 246 g/mol. The van der Waals surface area contributed by atoms with Crippen molar-refractivity contribution in [3.05, 3.63) is 23.8 Å². The average Bonchev–Trinajstić information content (AvgIpc) is 2.69. The Morgan fingerprint density at radius 1 is 1.47 bits per heavy atom. The highest BCUT2D eigenvalue weighted by Crippen LogP contribution is 2.38. The minimum atomic E-state index is -4.33. The Hall–Kier alpha value is -1.43. The van der Waals surface area contributed by atoms with Crippen molar-refractivity contribution >= 4 is 11.4 Å². The quantitative estimate of drug-likeness (QED) is 0.840. The van der Waals surface area contributed by atoms with E-state index in [1.165, 1.54) is 6.07 Å². The minimum Gasteiger partial charge on any atom is -0.394 e. The van der Waals surface area contributed by atoms with Crippen LogP contribution in [0.1, 0.15) is 12.5 Å². The van der Waals surface area contributed by atoms with Crippen molar-refractivity contribution in [3.8, 4) is 0 Å². The number of halogens is 3. The van der Waals surface area contributed by atoms with E-state index in [1.807, 2.05) is 11.8 Å². The third kappa shape index (κ3) is 2.17. The second-order valence-electron chi connectivity index (χ2n) is 4.07. The molecule has 2 rings (SSSR count). The van der Waals surface area contributed by atoms with Crippen molar-refractivity contribution in [1.29, 1.82) is 0 Å². The van der Waals surface area contributed by atoms with Crippen LogP contribution in [0, 0.1) is 0 Å². The highest BCUT2D eigenvalue weighted by molar-refractivity contribution is 5.76. The summed E-state index contributed by atoms with van der Waals surface area (Å²) in [6.45, 7) is 2.19. The number of aliphatic hydroxyl groups excluding tert-OH is 1. The van der Waals surface area contributed by atoms with Crippen LogP contribution in [-0.4, -0.2) is 24.4 Å². The van der Waals surface area contributed by atoms with Gasteiger partial charge in [0.05, 0.1) is 36.3 Å². The molecule has 1 aliphatic rings. The van der Waals surface area contributed by atoms with Gasteiger partial charge in [0.1, 0.15) is 0 Å². The minimum absolute atomic E-state index is 0.0395. The number of hydrogen-bond acceptors (Lipinski definition) is 3. The van der Waals surface area contributed by atoms with Crippen LogP contribution in [-0.2, 0) is 6.18 Å². The normalized spacial score (nSPS) is 16.6. The third-order valence-corrected chi connectivity index (χ3v) is 2.87. The van der Waals surface area contributed by atoms with Crippen LogP contribution < -0.4 is 10.2 Å². The standard InChI is InChI=1S/C11H13F3N2O/c1-7(5-17)16-6-15-9-4-8(11(12,13)14)2-3-10(9)16/h2-4,7,15,17H,5-6H2,1H3/t7-/m1/s1. The van der Waals surface area contributed by atoms with Crippen LogP contribution >= 0.6 is 0 Å². The van der Waals surface area contributed by atoms with E-state index in [9.17, 15) is 13.2 Å². The Labute approximate surface area is 96.9 Å². The Bertz CT molecular complexity index is 420. The van der Waals surface area contributed by atoms with E-state index in [4.69, 9.17) is 5.11 Å². The Kier molecular flexibility index (Phi) is 2.91. The summed E-state index contributed by atoms with van der Waals surface area (Å²) in [6, 6.07) is 3.47. The smallest absolute Gasteiger partial charge is 0.394 e. The maximum atomic E-state index is 12.5. The summed E-state index contributed by atoms with van der Waals surface area (Å²) in [5.41, 5.74) is 0.488. The first-order chi connectivity index (χ1) is 7.93. The number of fused-ring (bicyclic) bond motifs is 1. The SMILES string of the molecule is C[C@H](CO)N1CNc2cc(C(F)(F)F)ccc21. The maximum absolute atomic E-state index is 12.5. The van der Waals surface area contributed by atoms with Crippen LogP contribution in [0.5, 0.6) is 0 Å². The van der Waals surface area contributed by atoms with Gasteiger partial charge in [-0.1, -0.05) is 0 Å². The molecule has 1 aliphatic heterocycles. The van der Waals surface area contributed by atoms with E-state index in [-0.39, 0.29) is 12.6 Å². The summed E-state index contributed by atoms with van der Waals surface area (Å²) in [5, 5.41) is 11.9. The number of benzene rings is 1. The van der Waals surface area contributed by atoms with Crippen molar-refractivity contribution < 1.29 is 18.3 Å². The van der Waals surface area contributed by atoms with E-state index in [0.717, 1.165) is 12.1 Å². The molecule has 0 fully saturated rings. The fourth-order valence-corrected chi connectivity index (χ4v) is 1.85. The summed E-state index contributed by atoms with van der Waals surface area (Å²) in [6.07, 6.45) is -4.33. The summed E-state index contributed by atoms with van der Waals surface area (Å²) < 4.78 is 37.5. The molecule has 17 heavy (non-hydrogen) atoms. The highest BCUT2D eigenvalue weighted by atomic mass is 19.4. The summed E-state index contributed by atoms with van der Waals surface area (Å²) in [5.74, 6) is 0. The van der Waals surface area contributed by atoms with Crippen molar-refractivity contribution in [1.82, 2.24) is 0 Å². The van der Waals surface area contributed by atoms with Crippen LogP contribution in [0.2, 0.25) is 0 Å². The van der Waals surface area contributed by atoms with Crippen LogP contribution in [0.3, 0.4) is 0 Å². The van der Waals surface area contributed by atoms with Gasteiger partial charge >= 0.3 is 6.18 Å². The summed E-state index contributed by atoms with van der Waals surface area (Å²) in [4.78, 5) is 1.83. The Balaban J connectivity index is 2.32. The maximum Gasteiger partial charge on any atom is 0.416 e. The molecule has 0 radical (unpaired) electrons. The molecule has 2 N–H and O–H groups in total. The summed E-state index contributed by atoms with van der Waals surface area (Å²) >= 11 is 0. The highest BCUT2D eigenvalue weighted by Gasteiger charge is 2.32. The van der Waals surface area contributed by atoms with Gasteiger partial charge in [0.25, 0.3) is 0 Å². The lowest BCUT2D eigenvalue weighted by atomic mass is 10.1. The lowest BCUT2D eigenvalue weighted by Crippen LogP contribution is -2.35. The second kappa shape index (κ2) is 4.10. The molecule has 1 aromatic rings. The number of nitrogens with zero attached hydrogens (tertiary/aromatic N) is 1. The van der Waals surface area contributed by atoms with Gasteiger partial charge in [0.15, 0.2) is 0 Å². The lowest BCUT2D eigenvalue weighted by Gasteiger charge is -2.24. The van der Waals surface area contributed by atoms with Gasteiger partial charge in [-0.2, -0.15) is 13.2 Å². The van der Waals surface area contributed by atoms with Gasteiger partial charge in [-0.15, -0.1) is 0 Å². The lowest BCUT2D eigenvalue weighted by molar-refractivity contribution is -0.137. The molecule has 6 heteroatoms. The first-order valence-electron chi connectivity index (χ1n) is 5.26. The predicted octanol–water partition coefficient (Wildman–Crippen LogP) is 2.28. The molecule has 0 saturated heterocycles. The van der Waals surface area contributed by atoms with Crippen LogP contribution in [0.25, 0.3) is 0 Å². The first kappa shape index (κ1) is 12.0. The van der Waals surface area contributed by atoms with Gasteiger partial charge in [-0.3, -0.25) is 0 Å². The fourth-order valence-electron chi connectivity index (χ4n) is 1.85.